The minimum absolute atomic E-state index is 0.0702. The molecule has 5 rings (SSSR count). The van der Waals surface area contributed by atoms with Crippen LogP contribution in [0.1, 0.15) is 56.3 Å². The van der Waals surface area contributed by atoms with Crippen molar-refractivity contribution in [2.24, 2.45) is 5.92 Å². The lowest BCUT2D eigenvalue weighted by molar-refractivity contribution is -0.125. The number of fused-ring (bicyclic) bond motifs is 3. The standard InChI is InChI=1S/C28H26IN3O6S2/c1-13(39-40-20-9-7-15(32-29)12-30-20)11-31-28(37)14-6-8-16-18(10-14)26(35)22-23(24(16)33)27(36)21-17(25(22)34)4-3-5-19(21)38-2/h3-5,7,9,12-14,32-33,35H,6,8,10-11H2,1-2H3,(H,31,37)/t13-,14?/m0/s1. The fraction of sp³-hybridized carbons (Fsp3) is 0.286. The molecule has 0 aliphatic heterocycles. The van der Waals surface area contributed by atoms with Gasteiger partial charge in [0.1, 0.15) is 22.3 Å². The van der Waals surface area contributed by atoms with E-state index in [0.717, 1.165) is 10.7 Å². The van der Waals surface area contributed by atoms with Crippen LogP contribution in [0.4, 0.5) is 5.69 Å². The maximum atomic E-state index is 13.4. The van der Waals surface area contributed by atoms with E-state index in [1.165, 1.54) is 24.0 Å². The molecular weight excluding hydrogens is 665 g/mol. The summed E-state index contributed by atoms with van der Waals surface area (Å²) in [7, 11) is 4.54. The highest BCUT2D eigenvalue weighted by atomic mass is 127. The van der Waals surface area contributed by atoms with Crippen LogP contribution >= 0.6 is 44.5 Å². The number of hydrogen-bond donors (Lipinski definition) is 4. The topological polar surface area (TPSA) is 138 Å². The van der Waals surface area contributed by atoms with Crippen molar-refractivity contribution in [2.75, 3.05) is 17.2 Å². The van der Waals surface area contributed by atoms with Crippen LogP contribution in [0.15, 0.2) is 41.6 Å². The SMILES string of the molecule is COc1cccc2c1C(=O)c1c(O)c3c(c(O)c1C2=O)CC(C(=O)NC[C@H](C)SSc1ccc(NI)cn1)CC3. The summed E-state index contributed by atoms with van der Waals surface area (Å²) in [5, 5.41) is 26.3. The van der Waals surface area contributed by atoms with Gasteiger partial charge in [-0.15, -0.1) is 0 Å². The molecule has 1 heterocycles. The molecule has 12 heteroatoms. The number of methoxy groups -OCH3 is 1. The number of ketones is 2. The quantitative estimate of drug-likeness (QED) is 0.0856. The minimum atomic E-state index is -0.574. The number of phenols is 2. The highest BCUT2D eigenvalue weighted by Gasteiger charge is 2.41. The van der Waals surface area contributed by atoms with Crippen LogP contribution in [0.5, 0.6) is 17.2 Å². The van der Waals surface area contributed by atoms with Crippen molar-refractivity contribution in [2.45, 2.75) is 36.5 Å². The molecule has 2 atom stereocenters. The van der Waals surface area contributed by atoms with Crippen LogP contribution in [-0.2, 0) is 17.6 Å². The zero-order valence-corrected chi connectivity index (χ0v) is 25.4. The molecule has 0 fully saturated rings. The Balaban J connectivity index is 1.29. The second-order valence-electron chi connectivity index (χ2n) is 9.60. The smallest absolute Gasteiger partial charge is 0.223 e. The van der Waals surface area contributed by atoms with Gasteiger partial charge in [-0.2, -0.15) is 0 Å². The van der Waals surface area contributed by atoms with Gasteiger partial charge in [0.15, 0.2) is 5.78 Å². The van der Waals surface area contributed by atoms with Crippen molar-refractivity contribution < 1.29 is 29.3 Å². The molecular formula is C28H26IN3O6S2. The number of benzene rings is 2. The Kier molecular flexibility index (Phi) is 8.47. The molecule has 1 aromatic heterocycles. The predicted octanol–water partition coefficient (Wildman–Crippen LogP) is 5.09. The third kappa shape index (κ3) is 5.23. The number of rotatable bonds is 8. The van der Waals surface area contributed by atoms with Crippen molar-refractivity contribution in [3.63, 3.8) is 0 Å². The van der Waals surface area contributed by atoms with E-state index in [0.29, 0.717) is 24.1 Å². The van der Waals surface area contributed by atoms with Crippen LogP contribution in [0.25, 0.3) is 0 Å². The number of nitrogens with one attached hydrogen (secondary N) is 2. The van der Waals surface area contributed by atoms with Crippen LogP contribution < -0.4 is 13.6 Å². The van der Waals surface area contributed by atoms with Crippen LogP contribution in [-0.4, -0.2) is 51.6 Å². The van der Waals surface area contributed by atoms with Gasteiger partial charge in [0.05, 0.1) is 58.5 Å². The lowest BCUT2D eigenvalue weighted by Crippen LogP contribution is -2.37. The van der Waals surface area contributed by atoms with Crippen LogP contribution in [0.3, 0.4) is 0 Å². The summed E-state index contributed by atoms with van der Waals surface area (Å²) in [6, 6.07) is 8.54. The Labute approximate surface area is 252 Å². The largest absolute Gasteiger partial charge is 0.507 e. The zero-order valence-electron chi connectivity index (χ0n) is 21.6. The molecule has 1 unspecified atom stereocenters. The molecule has 208 valence electrons. The first kappa shape index (κ1) is 28.6. The molecule has 2 aliphatic rings. The van der Waals surface area contributed by atoms with Crippen LogP contribution in [0.2, 0.25) is 0 Å². The van der Waals surface area contributed by atoms with Gasteiger partial charge in [0, 0.05) is 34.4 Å². The third-order valence-electron chi connectivity index (χ3n) is 7.10. The van der Waals surface area contributed by atoms with E-state index >= 15 is 0 Å². The van der Waals surface area contributed by atoms with Crippen LogP contribution in [0, 0.1) is 5.92 Å². The number of pyridine rings is 1. The fourth-order valence-corrected chi connectivity index (χ4v) is 7.31. The average Bonchev–Trinajstić information content (AvgIpc) is 2.98. The number of anilines is 1. The Morgan fingerprint density at radius 3 is 2.58 bits per heavy atom. The molecule has 0 saturated heterocycles. The molecule has 40 heavy (non-hydrogen) atoms. The number of aromatic hydroxyl groups is 2. The summed E-state index contributed by atoms with van der Waals surface area (Å²) in [5.74, 6) is -2.18. The first-order valence-corrected chi connectivity index (χ1v) is 15.8. The summed E-state index contributed by atoms with van der Waals surface area (Å²) < 4.78 is 8.29. The molecule has 2 aromatic carbocycles. The van der Waals surface area contributed by atoms with E-state index in [-0.39, 0.29) is 63.5 Å². The summed E-state index contributed by atoms with van der Waals surface area (Å²) in [4.78, 5) is 44.3. The summed E-state index contributed by atoms with van der Waals surface area (Å²) >= 11 is 2.05. The lowest BCUT2D eigenvalue weighted by atomic mass is 9.75. The first-order chi connectivity index (χ1) is 19.2. The van der Waals surface area contributed by atoms with E-state index in [2.05, 4.69) is 13.8 Å². The molecule has 1 amide bonds. The number of carbonyl (C=O) groups excluding carboxylic acids is 3. The summed E-state index contributed by atoms with van der Waals surface area (Å²) in [5.41, 5.74) is 1.40. The number of aromatic nitrogens is 1. The third-order valence-corrected chi connectivity index (χ3v) is 10.5. The molecule has 3 aromatic rings. The van der Waals surface area contributed by atoms with E-state index in [1.54, 1.807) is 29.1 Å². The number of amides is 1. The highest BCUT2D eigenvalue weighted by molar-refractivity contribution is 14.1. The minimum Gasteiger partial charge on any atom is -0.507 e. The number of ether oxygens (including phenoxy) is 1. The predicted molar refractivity (Wildman–Crippen MR) is 163 cm³/mol. The van der Waals surface area contributed by atoms with Crippen molar-refractivity contribution >= 4 is 67.6 Å². The number of hydrogen-bond acceptors (Lipinski definition) is 10. The Morgan fingerprint density at radius 2 is 1.88 bits per heavy atom. The fourth-order valence-electron chi connectivity index (χ4n) is 5.07. The Morgan fingerprint density at radius 1 is 1.12 bits per heavy atom. The molecule has 0 spiro atoms. The maximum Gasteiger partial charge on any atom is 0.223 e. The van der Waals surface area contributed by atoms with Crippen molar-refractivity contribution in [3.05, 3.63) is 69.9 Å². The van der Waals surface area contributed by atoms with Crippen molar-refractivity contribution in [1.29, 1.82) is 0 Å². The molecule has 0 radical (unpaired) electrons. The Hall–Kier alpha value is -2.97. The monoisotopic (exact) mass is 691 g/mol. The van der Waals surface area contributed by atoms with E-state index in [4.69, 9.17) is 4.74 Å². The number of phenolic OH excluding ortho intramolecular Hbond substituents is 2. The maximum absolute atomic E-state index is 13.4. The van der Waals surface area contributed by atoms with Gasteiger partial charge in [-0.05, 0) is 48.3 Å². The van der Waals surface area contributed by atoms with Gasteiger partial charge < -0.3 is 23.8 Å². The first-order valence-electron chi connectivity index (χ1n) is 12.5. The van der Waals surface area contributed by atoms with E-state index in [1.807, 2.05) is 41.9 Å². The van der Waals surface area contributed by atoms with Gasteiger partial charge in [0.25, 0.3) is 0 Å². The molecule has 0 saturated carbocycles. The average molecular weight is 692 g/mol. The number of carbonyl (C=O) groups is 3. The van der Waals surface area contributed by atoms with E-state index < -0.39 is 17.5 Å². The molecule has 0 bridgehead atoms. The number of halogens is 1. The van der Waals surface area contributed by atoms with Crippen molar-refractivity contribution in [1.82, 2.24) is 10.3 Å². The van der Waals surface area contributed by atoms with Gasteiger partial charge in [-0.3, -0.25) is 14.4 Å². The zero-order chi connectivity index (χ0) is 28.6. The number of nitrogens with zero attached hydrogens (tertiary/aromatic N) is 1. The molecule has 4 N–H and O–H groups in total. The van der Waals surface area contributed by atoms with Gasteiger partial charge >= 0.3 is 0 Å². The van der Waals surface area contributed by atoms with E-state index in [9.17, 15) is 24.6 Å². The highest BCUT2D eigenvalue weighted by Crippen LogP contribution is 2.47. The molecule has 9 nitrogen and oxygen atoms in total. The molecule has 2 aliphatic carbocycles. The van der Waals surface area contributed by atoms with Gasteiger partial charge in [-0.25, -0.2) is 4.98 Å². The summed E-state index contributed by atoms with van der Waals surface area (Å²) in [6.07, 6.45) is 2.63. The lowest BCUT2D eigenvalue weighted by Gasteiger charge is -2.29. The van der Waals surface area contributed by atoms with Crippen molar-refractivity contribution in [3.8, 4) is 17.2 Å². The second-order valence-corrected chi connectivity index (χ2v) is 12.8. The van der Waals surface area contributed by atoms with Gasteiger partial charge in [0.2, 0.25) is 11.7 Å². The summed E-state index contributed by atoms with van der Waals surface area (Å²) in [6.45, 7) is 2.46. The van der Waals surface area contributed by atoms with Gasteiger partial charge in [-0.1, -0.05) is 29.9 Å². The normalized spacial score (nSPS) is 16.4. The second kappa shape index (κ2) is 11.9. The Bertz CT molecular complexity index is 1520.